The van der Waals surface area contributed by atoms with Crippen molar-refractivity contribution in [1.82, 2.24) is 5.32 Å². The van der Waals surface area contributed by atoms with Crippen molar-refractivity contribution < 1.29 is 14.6 Å². The van der Waals surface area contributed by atoms with E-state index in [1.807, 2.05) is 12.1 Å². The summed E-state index contributed by atoms with van der Waals surface area (Å²) in [5, 5.41) is 14.1. The zero-order valence-corrected chi connectivity index (χ0v) is 17.5. The molecule has 4 nitrogen and oxygen atoms in total. The van der Waals surface area contributed by atoms with Crippen LogP contribution in [0.3, 0.4) is 0 Å². The smallest absolute Gasteiger partial charge is 0.119 e. The van der Waals surface area contributed by atoms with Crippen molar-refractivity contribution in [3.05, 3.63) is 29.3 Å². The van der Waals surface area contributed by atoms with Crippen LogP contribution in [-0.4, -0.2) is 43.1 Å². The molecular formula is C19H33Cl2NO3. The standard InChI is InChI=1S/C19H32ClNO3.ClH/c1-18(2,3)14-19(4,5)21-12-16(22)13-23-10-11-24-17-8-6-15(20)7-9-17;/h6-9,16,21-22H,10-14H2,1-5H3;1H. The Morgan fingerprint density at radius 1 is 1.08 bits per heavy atom. The van der Waals surface area contributed by atoms with E-state index in [2.05, 4.69) is 39.9 Å². The van der Waals surface area contributed by atoms with E-state index in [0.717, 1.165) is 12.2 Å². The zero-order chi connectivity index (χ0) is 18.2. The van der Waals surface area contributed by atoms with E-state index in [-0.39, 0.29) is 23.4 Å². The summed E-state index contributed by atoms with van der Waals surface area (Å²) < 4.78 is 11.0. The molecule has 0 amide bonds. The molecule has 6 heteroatoms. The summed E-state index contributed by atoms with van der Waals surface area (Å²) in [5.74, 6) is 0.758. The van der Waals surface area contributed by atoms with E-state index >= 15 is 0 Å². The van der Waals surface area contributed by atoms with Gasteiger partial charge in [0.05, 0.1) is 19.3 Å². The summed E-state index contributed by atoms with van der Waals surface area (Å²) in [7, 11) is 0. The van der Waals surface area contributed by atoms with E-state index < -0.39 is 6.10 Å². The predicted octanol–water partition coefficient (Wildman–Crippen LogP) is 4.32. The molecule has 0 saturated heterocycles. The van der Waals surface area contributed by atoms with Crippen molar-refractivity contribution in [3.63, 3.8) is 0 Å². The van der Waals surface area contributed by atoms with Crippen molar-refractivity contribution in [3.8, 4) is 5.75 Å². The Morgan fingerprint density at radius 3 is 2.24 bits per heavy atom. The van der Waals surface area contributed by atoms with E-state index in [0.29, 0.717) is 31.4 Å². The number of benzene rings is 1. The summed E-state index contributed by atoms with van der Waals surface area (Å²) in [5.41, 5.74) is 0.230. The molecule has 1 aromatic rings. The third-order valence-electron chi connectivity index (χ3n) is 3.41. The van der Waals surface area contributed by atoms with Gasteiger partial charge < -0.3 is 19.9 Å². The van der Waals surface area contributed by atoms with Crippen LogP contribution in [-0.2, 0) is 4.74 Å². The first-order valence-electron chi connectivity index (χ1n) is 8.47. The lowest BCUT2D eigenvalue weighted by Gasteiger charge is -2.34. The summed E-state index contributed by atoms with van der Waals surface area (Å²) in [6.45, 7) is 12.7. The van der Waals surface area contributed by atoms with Gasteiger partial charge in [0.2, 0.25) is 0 Å². The quantitative estimate of drug-likeness (QED) is 0.581. The molecule has 1 atom stereocenters. The highest BCUT2D eigenvalue weighted by Gasteiger charge is 2.25. The van der Waals surface area contributed by atoms with E-state index in [1.165, 1.54) is 0 Å². The Morgan fingerprint density at radius 2 is 1.68 bits per heavy atom. The van der Waals surface area contributed by atoms with Crippen LogP contribution in [0.5, 0.6) is 5.75 Å². The molecule has 0 radical (unpaired) electrons. The fourth-order valence-corrected chi connectivity index (χ4v) is 2.94. The van der Waals surface area contributed by atoms with Gasteiger partial charge in [-0.15, -0.1) is 12.4 Å². The number of aliphatic hydroxyl groups is 1. The predicted molar refractivity (Wildman–Crippen MR) is 107 cm³/mol. The minimum Gasteiger partial charge on any atom is -0.491 e. The summed E-state index contributed by atoms with van der Waals surface area (Å²) in [6.07, 6.45) is 0.502. The molecule has 0 aliphatic carbocycles. The molecule has 0 aromatic heterocycles. The maximum atomic E-state index is 10.0. The van der Waals surface area contributed by atoms with Gasteiger partial charge in [-0.2, -0.15) is 0 Å². The van der Waals surface area contributed by atoms with Crippen LogP contribution in [0.1, 0.15) is 41.0 Å². The molecule has 0 heterocycles. The first-order chi connectivity index (χ1) is 11.1. The lowest BCUT2D eigenvalue weighted by atomic mass is 9.82. The Labute approximate surface area is 163 Å². The number of hydrogen-bond acceptors (Lipinski definition) is 4. The summed E-state index contributed by atoms with van der Waals surface area (Å²) >= 11 is 5.81. The van der Waals surface area contributed by atoms with Gasteiger partial charge >= 0.3 is 0 Å². The molecule has 1 aromatic carbocycles. The number of aliphatic hydroxyl groups excluding tert-OH is 1. The van der Waals surface area contributed by atoms with Crippen LogP contribution < -0.4 is 10.1 Å². The van der Waals surface area contributed by atoms with Gasteiger partial charge in [-0.3, -0.25) is 0 Å². The normalized spacial score (nSPS) is 13.2. The van der Waals surface area contributed by atoms with Crippen LogP contribution in [0.25, 0.3) is 0 Å². The minimum atomic E-state index is -0.528. The van der Waals surface area contributed by atoms with Gasteiger partial charge in [-0.05, 0) is 49.9 Å². The van der Waals surface area contributed by atoms with Crippen LogP contribution >= 0.6 is 24.0 Å². The second-order valence-corrected chi connectivity index (χ2v) is 8.47. The van der Waals surface area contributed by atoms with Gasteiger partial charge in [0.15, 0.2) is 0 Å². The lowest BCUT2D eigenvalue weighted by Crippen LogP contribution is -2.46. The number of β-amino-alcohol motifs (C(OH)–C–C–N with tert-alkyl or cyclic N) is 1. The molecular weight excluding hydrogens is 361 g/mol. The third kappa shape index (κ3) is 12.5. The Balaban J connectivity index is 0.00000576. The first kappa shape index (κ1) is 24.5. The highest BCUT2D eigenvalue weighted by molar-refractivity contribution is 6.30. The van der Waals surface area contributed by atoms with Gasteiger partial charge in [-0.1, -0.05) is 32.4 Å². The first-order valence-corrected chi connectivity index (χ1v) is 8.84. The molecule has 25 heavy (non-hydrogen) atoms. The third-order valence-corrected chi connectivity index (χ3v) is 3.66. The molecule has 146 valence electrons. The topological polar surface area (TPSA) is 50.7 Å². The van der Waals surface area contributed by atoms with Crippen LogP contribution in [0.2, 0.25) is 5.02 Å². The Bertz CT molecular complexity index is 473. The van der Waals surface area contributed by atoms with Gasteiger partial charge in [0.25, 0.3) is 0 Å². The SMILES string of the molecule is CC(C)(C)CC(C)(C)NCC(O)COCCOc1ccc(Cl)cc1.Cl. The maximum absolute atomic E-state index is 10.0. The number of hydrogen-bond donors (Lipinski definition) is 2. The highest BCUT2D eigenvalue weighted by atomic mass is 35.5. The average Bonchev–Trinajstić information content (AvgIpc) is 2.44. The fourth-order valence-electron chi connectivity index (χ4n) is 2.81. The Kier molecular flexibility index (Phi) is 11.0. The molecule has 0 fully saturated rings. The average molecular weight is 394 g/mol. The van der Waals surface area contributed by atoms with Crippen molar-refractivity contribution in [2.75, 3.05) is 26.4 Å². The maximum Gasteiger partial charge on any atom is 0.119 e. The molecule has 0 bridgehead atoms. The number of halogens is 2. The number of ether oxygens (including phenoxy) is 2. The van der Waals surface area contributed by atoms with Crippen LogP contribution in [0.4, 0.5) is 0 Å². The zero-order valence-electron chi connectivity index (χ0n) is 16.0. The lowest BCUT2D eigenvalue weighted by molar-refractivity contribution is 0.0211. The van der Waals surface area contributed by atoms with Crippen molar-refractivity contribution in [2.24, 2.45) is 5.41 Å². The van der Waals surface area contributed by atoms with Gasteiger partial charge in [0.1, 0.15) is 12.4 Å². The van der Waals surface area contributed by atoms with Crippen molar-refractivity contribution >= 4 is 24.0 Å². The largest absolute Gasteiger partial charge is 0.491 e. The van der Waals surface area contributed by atoms with E-state index in [9.17, 15) is 5.11 Å². The molecule has 0 saturated carbocycles. The van der Waals surface area contributed by atoms with Crippen molar-refractivity contribution in [1.29, 1.82) is 0 Å². The molecule has 1 rings (SSSR count). The fraction of sp³-hybridized carbons (Fsp3) is 0.684. The van der Waals surface area contributed by atoms with E-state index in [4.69, 9.17) is 21.1 Å². The monoisotopic (exact) mass is 393 g/mol. The molecule has 2 N–H and O–H groups in total. The second-order valence-electron chi connectivity index (χ2n) is 8.03. The molecule has 0 aliphatic rings. The number of nitrogens with one attached hydrogen (secondary N) is 1. The van der Waals surface area contributed by atoms with Gasteiger partial charge in [0, 0.05) is 17.1 Å². The van der Waals surface area contributed by atoms with Crippen LogP contribution in [0, 0.1) is 5.41 Å². The summed E-state index contributed by atoms with van der Waals surface area (Å²) in [4.78, 5) is 0. The highest BCUT2D eigenvalue weighted by Crippen LogP contribution is 2.26. The van der Waals surface area contributed by atoms with Crippen molar-refractivity contribution in [2.45, 2.75) is 52.7 Å². The van der Waals surface area contributed by atoms with Gasteiger partial charge in [-0.25, -0.2) is 0 Å². The molecule has 0 spiro atoms. The second kappa shape index (κ2) is 11.2. The summed E-state index contributed by atoms with van der Waals surface area (Å²) in [6, 6.07) is 7.20. The minimum absolute atomic E-state index is 0. The molecule has 0 aliphatic heterocycles. The Hall–Kier alpha value is -0.520. The molecule has 1 unspecified atom stereocenters. The van der Waals surface area contributed by atoms with Crippen LogP contribution in [0.15, 0.2) is 24.3 Å². The number of rotatable bonds is 10. The van der Waals surface area contributed by atoms with E-state index in [1.54, 1.807) is 12.1 Å².